The Bertz CT molecular complexity index is 918. The first-order chi connectivity index (χ1) is 18.0. The molecule has 38 heavy (non-hydrogen) atoms. The van der Waals surface area contributed by atoms with Crippen molar-refractivity contribution in [2.45, 2.75) is 76.5 Å². The molecule has 0 saturated heterocycles. The normalized spacial score (nSPS) is 14.1. The topological polar surface area (TPSA) is 270 Å². The number of nitrogens with two attached hydrogens (primary N) is 4. The van der Waals surface area contributed by atoms with Gasteiger partial charge in [0.15, 0.2) is 5.96 Å². The first-order valence-corrected chi connectivity index (χ1v) is 12.6. The van der Waals surface area contributed by atoms with Gasteiger partial charge in [-0.1, -0.05) is 13.8 Å². The van der Waals surface area contributed by atoms with Crippen molar-refractivity contribution in [2.24, 2.45) is 33.8 Å². The van der Waals surface area contributed by atoms with Crippen LogP contribution in [0.25, 0.3) is 0 Å². The molecule has 0 radical (unpaired) electrons. The third-order valence-electron chi connectivity index (χ3n) is 5.77. The number of unbranched alkanes of at least 4 members (excludes halogenated alkanes) is 1. The maximum atomic E-state index is 13.2. The Morgan fingerprint density at radius 1 is 0.974 bits per heavy atom. The number of aromatic nitrogens is 2. The van der Waals surface area contributed by atoms with Gasteiger partial charge in [0, 0.05) is 24.9 Å². The predicted octanol–water partition coefficient (Wildman–Crippen LogP) is -2.34. The number of imidazole rings is 1. The molecular weight excluding hydrogens is 496 g/mol. The maximum Gasteiger partial charge on any atom is 0.326 e. The second-order valence-electron chi connectivity index (χ2n) is 9.31. The van der Waals surface area contributed by atoms with Gasteiger partial charge in [-0.15, -0.1) is 0 Å². The number of carbonyl (C=O) groups is 4. The zero-order valence-corrected chi connectivity index (χ0v) is 22.0. The highest BCUT2D eigenvalue weighted by Gasteiger charge is 2.31. The van der Waals surface area contributed by atoms with Crippen molar-refractivity contribution in [1.29, 1.82) is 0 Å². The summed E-state index contributed by atoms with van der Waals surface area (Å²) >= 11 is 0. The largest absolute Gasteiger partial charge is 0.480 e. The van der Waals surface area contributed by atoms with E-state index in [0.717, 1.165) is 0 Å². The van der Waals surface area contributed by atoms with Gasteiger partial charge in [0.25, 0.3) is 0 Å². The molecule has 13 N–H and O–H groups in total. The summed E-state index contributed by atoms with van der Waals surface area (Å²) in [5, 5.41) is 17.4. The van der Waals surface area contributed by atoms with Crippen LogP contribution in [-0.2, 0) is 25.6 Å². The number of carboxylic acids is 1. The van der Waals surface area contributed by atoms with Crippen molar-refractivity contribution in [2.75, 3.05) is 13.1 Å². The minimum Gasteiger partial charge on any atom is -0.480 e. The van der Waals surface area contributed by atoms with Crippen LogP contribution >= 0.6 is 0 Å². The summed E-state index contributed by atoms with van der Waals surface area (Å²) in [5.41, 5.74) is 22.6. The average molecular weight is 539 g/mol. The highest BCUT2D eigenvalue weighted by molar-refractivity contribution is 5.94. The summed E-state index contributed by atoms with van der Waals surface area (Å²) in [5.74, 6) is -3.33. The highest BCUT2D eigenvalue weighted by Crippen LogP contribution is 2.07. The average Bonchev–Trinajstić information content (AvgIpc) is 3.36. The van der Waals surface area contributed by atoms with Crippen LogP contribution in [0.3, 0.4) is 0 Å². The lowest BCUT2D eigenvalue weighted by molar-refractivity contribution is -0.142. The molecule has 0 aliphatic rings. The molecule has 214 valence electrons. The van der Waals surface area contributed by atoms with Gasteiger partial charge in [-0.2, -0.15) is 0 Å². The molecule has 0 spiro atoms. The fraction of sp³-hybridized carbons (Fsp3) is 0.652. The van der Waals surface area contributed by atoms with E-state index in [4.69, 9.17) is 22.9 Å². The molecule has 0 aromatic carbocycles. The molecule has 0 aliphatic heterocycles. The Labute approximate surface area is 222 Å². The van der Waals surface area contributed by atoms with E-state index in [2.05, 4.69) is 30.9 Å². The van der Waals surface area contributed by atoms with E-state index >= 15 is 0 Å². The number of aliphatic imine (C=N–C) groups is 1. The monoisotopic (exact) mass is 538 g/mol. The lowest BCUT2D eigenvalue weighted by Crippen LogP contribution is -2.58. The molecule has 0 fully saturated rings. The van der Waals surface area contributed by atoms with Crippen LogP contribution in [0.2, 0.25) is 0 Å². The molecule has 4 unspecified atom stereocenters. The quantitative estimate of drug-likeness (QED) is 0.0545. The van der Waals surface area contributed by atoms with E-state index in [0.29, 0.717) is 31.5 Å². The van der Waals surface area contributed by atoms with Crippen LogP contribution in [0.15, 0.2) is 17.5 Å². The van der Waals surface area contributed by atoms with Crippen LogP contribution in [0.5, 0.6) is 0 Å². The number of aliphatic carboxylic acids is 1. The molecule has 0 bridgehead atoms. The summed E-state index contributed by atoms with van der Waals surface area (Å²) in [4.78, 5) is 61.3. The molecule has 15 heteroatoms. The van der Waals surface area contributed by atoms with Crippen molar-refractivity contribution >= 4 is 29.7 Å². The number of H-pyrrole nitrogens is 1. The number of hydrogen-bond donors (Lipinski definition) is 9. The standard InChI is InChI=1S/C23H42N10O5/c1-13(2)18(25)21(36)31-15(6-3-4-8-24)19(34)33-17(10-14-11-28-12-30-14)20(35)32-16(22(37)38)7-5-9-29-23(26)27/h11-13,15-18H,3-10,24-25H2,1-2H3,(H,28,30)(H,31,36)(H,32,35)(H,33,34)(H,37,38)(H4,26,27,29). The molecule has 3 amide bonds. The first-order valence-electron chi connectivity index (χ1n) is 12.6. The summed E-state index contributed by atoms with van der Waals surface area (Å²) < 4.78 is 0. The van der Waals surface area contributed by atoms with E-state index < -0.39 is 47.9 Å². The fourth-order valence-electron chi connectivity index (χ4n) is 3.46. The summed E-state index contributed by atoms with van der Waals surface area (Å²) in [6.45, 7) is 4.18. The molecule has 15 nitrogen and oxygen atoms in total. The first kappa shape index (κ1) is 32.3. The van der Waals surface area contributed by atoms with Gasteiger partial charge in [0.05, 0.1) is 12.4 Å². The Morgan fingerprint density at radius 3 is 2.13 bits per heavy atom. The van der Waals surface area contributed by atoms with E-state index in [-0.39, 0.29) is 37.7 Å². The molecular formula is C23H42N10O5. The molecule has 1 heterocycles. The summed E-state index contributed by atoms with van der Waals surface area (Å²) in [7, 11) is 0. The van der Waals surface area contributed by atoms with Crippen molar-refractivity contribution in [3.05, 3.63) is 18.2 Å². The number of carboxylic acid groups (broad SMARTS) is 1. The Hall–Kier alpha value is -3.72. The van der Waals surface area contributed by atoms with Crippen molar-refractivity contribution in [3.63, 3.8) is 0 Å². The number of carbonyl (C=O) groups excluding carboxylic acids is 3. The van der Waals surface area contributed by atoms with Crippen LogP contribution < -0.4 is 38.9 Å². The number of nitrogens with one attached hydrogen (secondary N) is 4. The van der Waals surface area contributed by atoms with E-state index in [9.17, 15) is 24.3 Å². The number of nitrogens with zero attached hydrogens (tertiary/aromatic N) is 2. The van der Waals surface area contributed by atoms with E-state index in [1.807, 2.05) is 0 Å². The minimum absolute atomic E-state index is 0.00683. The van der Waals surface area contributed by atoms with Gasteiger partial charge in [0.1, 0.15) is 18.1 Å². The molecule has 1 aromatic heterocycles. The van der Waals surface area contributed by atoms with Gasteiger partial charge in [-0.25, -0.2) is 9.78 Å². The van der Waals surface area contributed by atoms with Crippen molar-refractivity contribution in [3.8, 4) is 0 Å². The Kier molecular flexibility index (Phi) is 14.4. The smallest absolute Gasteiger partial charge is 0.326 e. The number of guanidine groups is 1. The second-order valence-corrected chi connectivity index (χ2v) is 9.31. The fourth-order valence-corrected chi connectivity index (χ4v) is 3.46. The molecule has 1 rings (SSSR count). The van der Waals surface area contributed by atoms with Gasteiger partial charge >= 0.3 is 5.97 Å². The number of hydrogen-bond acceptors (Lipinski definition) is 8. The lowest BCUT2D eigenvalue weighted by Gasteiger charge is -2.25. The van der Waals surface area contributed by atoms with Gasteiger partial charge < -0.3 is 49.0 Å². The molecule has 4 atom stereocenters. The van der Waals surface area contributed by atoms with Gasteiger partial charge in [-0.05, 0) is 44.6 Å². The number of amides is 3. The SMILES string of the molecule is CC(C)C(N)C(=O)NC(CCCCN)C(=O)NC(Cc1cnc[nH]1)C(=O)NC(CCCN=C(N)N)C(=O)O. The molecule has 1 aromatic rings. The zero-order valence-electron chi connectivity index (χ0n) is 22.0. The Balaban J connectivity index is 3.03. The third-order valence-corrected chi connectivity index (χ3v) is 5.77. The van der Waals surface area contributed by atoms with Crippen LogP contribution in [0.4, 0.5) is 0 Å². The van der Waals surface area contributed by atoms with Crippen LogP contribution in [0.1, 0.15) is 51.6 Å². The summed E-state index contributed by atoms with van der Waals surface area (Å²) in [6, 6.07) is -4.18. The maximum absolute atomic E-state index is 13.2. The van der Waals surface area contributed by atoms with Crippen LogP contribution in [-0.4, -0.2) is 82.0 Å². The van der Waals surface area contributed by atoms with E-state index in [1.54, 1.807) is 13.8 Å². The van der Waals surface area contributed by atoms with Crippen molar-refractivity contribution < 1.29 is 24.3 Å². The predicted molar refractivity (Wildman–Crippen MR) is 141 cm³/mol. The second kappa shape index (κ2) is 16.9. The zero-order chi connectivity index (χ0) is 28.7. The molecule has 0 aliphatic carbocycles. The lowest BCUT2D eigenvalue weighted by atomic mass is 10.0. The summed E-state index contributed by atoms with van der Waals surface area (Å²) in [6.07, 6.45) is 4.74. The van der Waals surface area contributed by atoms with E-state index in [1.165, 1.54) is 12.5 Å². The third kappa shape index (κ3) is 12.0. The highest BCUT2D eigenvalue weighted by atomic mass is 16.4. The Morgan fingerprint density at radius 2 is 1.58 bits per heavy atom. The number of rotatable bonds is 18. The van der Waals surface area contributed by atoms with Gasteiger partial charge in [-0.3, -0.25) is 19.4 Å². The number of aromatic amines is 1. The van der Waals surface area contributed by atoms with Gasteiger partial charge in [0.2, 0.25) is 17.7 Å². The minimum atomic E-state index is -1.25. The molecule has 0 saturated carbocycles. The van der Waals surface area contributed by atoms with Crippen LogP contribution in [0, 0.1) is 5.92 Å². The van der Waals surface area contributed by atoms with Crippen molar-refractivity contribution in [1.82, 2.24) is 25.9 Å².